The van der Waals surface area contributed by atoms with Crippen LogP contribution < -0.4 is 15.4 Å². The van der Waals surface area contributed by atoms with E-state index in [4.69, 9.17) is 10.5 Å². The SMILES string of the molecule is CC(C)/C(N)=N/C(=O)N1CCC([C@H](C)CCOc2cnc(N3CC[C@H](c4ccccc4F)C3)nc2)CC1. The number of piperidine rings is 1. The second-order valence-electron chi connectivity index (χ2n) is 10.6. The predicted molar refractivity (Wildman–Crippen MR) is 143 cm³/mol. The molecular weight excluding hydrogens is 471 g/mol. The van der Waals surface area contributed by atoms with Crippen LogP contribution in [0.1, 0.15) is 57.9 Å². The molecule has 2 N–H and O–H groups in total. The topological polar surface area (TPSA) is 96.9 Å². The molecule has 0 unspecified atom stereocenters. The van der Waals surface area contributed by atoms with Gasteiger partial charge in [-0.25, -0.2) is 19.2 Å². The third-order valence-electron chi connectivity index (χ3n) is 7.70. The van der Waals surface area contributed by atoms with Crippen LogP contribution in [0.5, 0.6) is 5.75 Å². The smallest absolute Gasteiger partial charge is 0.345 e. The molecule has 37 heavy (non-hydrogen) atoms. The fourth-order valence-corrected chi connectivity index (χ4v) is 5.12. The number of amidine groups is 1. The van der Waals surface area contributed by atoms with E-state index in [-0.39, 0.29) is 23.7 Å². The van der Waals surface area contributed by atoms with Crippen LogP contribution in [0.25, 0.3) is 0 Å². The maximum Gasteiger partial charge on any atom is 0.345 e. The zero-order chi connectivity index (χ0) is 26.4. The van der Waals surface area contributed by atoms with Crippen molar-refractivity contribution in [1.29, 1.82) is 0 Å². The van der Waals surface area contributed by atoms with Crippen LogP contribution in [-0.2, 0) is 0 Å². The van der Waals surface area contributed by atoms with Gasteiger partial charge in [0.1, 0.15) is 11.7 Å². The molecule has 0 spiro atoms. The summed E-state index contributed by atoms with van der Waals surface area (Å²) in [6.07, 6.45) is 7.17. The number of hydrogen-bond donors (Lipinski definition) is 1. The Morgan fingerprint density at radius 3 is 2.51 bits per heavy atom. The standard InChI is InChI=1S/C28H39FN6O2/c1-19(2)26(30)33-28(36)34-12-8-21(9-13-34)20(3)11-15-37-23-16-31-27(32-17-23)35-14-10-22(18-35)24-6-4-5-7-25(24)29/h4-7,16-17,19-22H,8-15,18H2,1-3H3,(H2,30,33,36)/t20-,22+/m1/s1. The fraction of sp³-hybridized carbons (Fsp3) is 0.571. The van der Waals surface area contributed by atoms with Crippen LogP contribution in [0.15, 0.2) is 41.7 Å². The zero-order valence-corrected chi connectivity index (χ0v) is 22.1. The highest BCUT2D eigenvalue weighted by Crippen LogP contribution is 2.31. The summed E-state index contributed by atoms with van der Waals surface area (Å²) in [5.74, 6) is 2.81. The maximum absolute atomic E-state index is 14.1. The largest absolute Gasteiger partial charge is 0.490 e. The molecule has 2 aliphatic heterocycles. The summed E-state index contributed by atoms with van der Waals surface area (Å²) in [4.78, 5) is 29.3. The predicted octanol–water partition coefficient (Wildman–Crippen LogP) is 4.86. The van der Waals surface area contributed by atoms with Crippen molar-refractivity contribution in [3.8, 4) is 5.75 Å². The molecule has 2 fully saturated rings. The minimum Gasteiger partial charge on any atom is -0.490 e. The minimum absolute atomic E-state index is 0.0706. The van der Waals surface area contributed by atoms with E-state index >= 15 is 0 Å². The molecule has 8 nitrogen and oxygen atoms in total. The monoisotopic (exact) mass is 510 g/mol. The number of hydrogen-bond acceptors (Lipinski definition) is 5. The first-order valence-electron chi connectivity index (χ1n) is 13.4. The van der Waals surface area contributed by atoms with Crippen molar-refractivity contribution in [2.24, 2.45) is 28.5 Å². The van der Waals surface area contributed by atoms with E-state index < -0.39 is 0 Å². The van der Waals surface area contributed by atoms with Gasteiger partial charge in [-0.05, 0) is 49.1 Å². The highest BCUT2D eigenvalue weighted by atomic mass is 19.1. The second-order valence-corrected chi connectivity index (χ2v) is 10.6. The third kappa shape index (κ3) is 6.96. The summed E-state index contributed by atoms with van der Waals surface area (Å²) in [6, 6.07) is 6.77. The van der Waals surface area contributed by atoms with Crippen molar-refractivity contribution in [3.05, 3.63) is 48.0 Å². The summed E-state index contributed by atoms with van der Waals surface area (Å²) in [5.41, 5.74) is 6.60. The Morgan fingerprint density at radius 1 is 1.14 bits per heavy atom. The number of benzene rings is 1. The van der Waals surface area contributed by atoms with Crippen LogP contribution in [0.4, 0.5) is 15.1 Å². The van der Waals surface area contributed by atoms with Gasteiger partial charge >= 0.3 is 6.03 Å². The van der Waals surface area contributed by atoms with E-state index in [0.29, 0.717) is 55.6 Å². The van der Waals surface area contributed by atoms with Gasteiger partial charge in [-0.15, -0.1) is 0 Å². The number of urea groups is 1. The van der Waals surface area contributed by atoms with E-state index in [0.717, 1.165) is 37.8 Å². The number of amides is 2. The molecule has 2 saturated heterocycles. The molecule has 0 saturated carbocycles. The van der Waals surface area contributed by atoms with Gasteiger partial charge in [-0.1, -0.05) is 39.0 Å². The first-order chi connectivity index (χ1) is 17.8. The van der Waals surface area contributed by atoms with Crippen molar-refractivity contribution in [3.63, 3.8) is 0 Å². The minimum atomic E-state index is -0.222. The lowest BCUT2D eigenvalue weighted by atomic mass is 9.84. The van der Waals surface area contributed by atoms with Crippen molar-refractivity contribution < 1.29 is 13.9 Å². The van der Waals surface area contributed by atoms with Gasteiger partial charge in [0, 0.05) is 38.0 Å². The van der Waals surface area contributed by atoms with Gasteiger partial charge < -0.3 is 20.3 Å². The molecule has 0 aliphatic carbocycles. The number of likely N-dealkylation sites (tertiary alicyclic amines) is 1. The summed E-state index contributed by atoms with van der Waals surface area (Å²) in [7, 11) is 0. The Labute approximate surface area is 219 Å². The third-order valence-corrected chi connectivity index (χ3v) is 7.70. The second kappa shape index (κ2) is 12.3. The number of ether oxygens (including phenoxy) is 1. The molecule has 4 rings (SSSR count). The fourth-order valence-electron chi connectivity index (χ4n) is 5.12. The van der Waals surface area contributed by atoms with Crippen LogP contribution in [0.2, 0.25) is 0 Å². The lowest BCUT2D eigenvalue weighted by Crippen LogP contribution is -2.39. The van der Waals surface area contributed by atoms with Crippen molar-refractivity contribution >= 4 is 17.8 Å². The molecule has 9 heteroatoms. The summed E-state index contributed by atoms with van der Waals surface area (Å²) >= 11 is 0. The molecule has 1 aromatic heterocycles. The molecule has 2 aromatic rings. The molecule has 0 bridgehead atoms. The van der Waals surface area contributed by atoms with Gasteiger partial charge in [0.05, 0.1) is 19.0 Å². The quantitative estimate of drug-likeness (QED) is 0.402. The van der Waals surface area contributed by atoms with Crippen molar-refractivity contribution in [2.75, 3.05) is 37.7 Å². The molecule has 1 aromatic carbocycles. The van der Waals surface area contributed by atoms with Crippen LogP contribution in [0, 0.1) is 23.6 Å². The van der Waals surface area contributed by atoms with Crippen LogP contribution in [-0.4, -0.2) is 59.5 Å². The molecule has 2 amide bonds. The number of nitrogens with zero attached hydrogens (tertiary/aromatic N) is 5. The number of rotatable bonds is 8. The van der Waals surface area contributed by atoms with E-state index in [2.05, 4.69) is 26.8 Å². The number of halogens is 1. The highest BCUT2D eigenvalue weighted by Gasteiger charge is 2.28. The Hall–Kier alpha value is -3.23. The molecule has 200 valence electrons. The zero-order valence-electron chi connectivity index (χ0n) is 22.1. The summed E-state index contributed by atoms with van der Waals surface area (Å²) < 4.78 is 20.1. The normalized spacial score (nSPS) is 19.9. The maximum atomic E-state index is 14.1. The Bertz CT molecular complexity index is 1070. The van der Waals surface area contributed by atoms with Gasteiger partial charge in [0.15, 0.2) is 5.75 Å². The van der Waals surface area contributed by atoms with Gasteiger partial charge in [-0.3, -0.25) is 0 Å². The molecule has 3 heterocycles. The number of carbonyl (C=O) groups is 1. The average molecular weight is 511 g/mol. The van der Waals surface area contributed by atoms with Crippen molar-refractivity contribution in [2.45, 2.75) is 52.4 Å². The molecule has 2 aliphatic rings. The number of aliphatic imine (C=N–C) groups is 1. The van der Waals surface area contributed by atoms with Gasteiger partial charge in [0.2, 0.25) is 5.95 Å². The number of anilines is 1. The summed E-state index contributed by atoms with van der Waals surface area (Å²) in [6.45, 7) is 9.65. The number of nitrogens with two attached hydrogens (primary N) is 1. The molecule has 2 atom stereocenters. The van der Waals surface area contributed by atoms with Crippen LogP contribution in [0.3, 0.4) is 0 Å². The first kappa shape index (κ1) is 26.8. The summed E-state index contributed by atoms with van der Waals surface area (Å²) in [5, 5.41) is 0. The lowest BCUT2D eigenvalue weighted by molar-refractivity contribution is 0.149. The molecule has 0 radical (unpaired) electrons. The van der Waals surface area contributed by atoms with E-state index in [9.17, 15) is 9.18 Å². The average Bonchev–Trinajstić information content (AvgIpc) is 3.39. The van der Waals surface area contributed by atoms with Crippen LogP contribution >= 0.6 is 0 Å². The van der Waals surface area contributed by atoms with E-state index in [1.165, 1.54) is 6.07 Å². The number of carbonyl (C=O) groups excluding carboxylic acids is 1. The Kier molecular flexibility index (Phi) is 8.95. The van der Waals surface area contributed by atoms with Gasteiger partial charge in [-0.2, -0.15) is 4.99 Å². The highest BCUT2D eigenvalue weighted by molar-refractivity contribution is 5.93. The molecular formula is C28H39FN6O2. The van der Waals surface area contributed by atoms with Gasteiger partial charge in [0.25, 0.3) is 0 Å². The number of aromatic nitrogens is 2. The van der Waals surface area contributed by atoms with E-state index in [1.807, 2.05) is 26.0 Å². The van der Waals surface area contributed by atoms with E-state index in [1.54, 1.807) is 23.4 Å². The lowest BCUT2D eigenvalue weighted by Gasteiger charge is -2.34. The first-order valence-corrected chi connectivity index (χ1v) is 13.4. The Balaban J connectivity index is 1.18. The Morgan fingerprint density at radius 2 is 1.84 bits per heavy atom. The van der Waals surface area contributed by atoms with Crippen molar-refractivity contribution in [1.82, 2.24) is 14.9 Å².